The van der Waals surface area contributed by atoms with Crippen molar-refractivity contribution < 1.29 is 4.79 Å². The summed E-state index contributed by atoms with van der Waals surface area (Å²) in [7, 11) is 0. The van der Waals surface area contributed by atoms with Crippen molar-refractivity contribution in [1.82, 2.24) is 15.2 Å². The van der Waals surface area contributed by atoms with E-state index in [1.54, 1.807) is 11.3 Å². The Balaban J connectivity index is 1.40. The highest BCUT2D eigenvalue weighted by atomic mass is 32.1. The molecular formula is C21H29N3OS. The molecule has 1 aliphatic heterocycles. The van der Waals surface area contributed by atoms with Crippen molar-refractivity contribution in [3.8, 4) is 10.6 Å². The van der Waals surface area contributed by atoms with E-state index in [-0.39, 0.29) is 5.91 Å². The van der Waals surface area contributed by atoms with Gasteiger partial charge in [-0.15, -0.1) is 11.3 Å². The number of aryl methyl sites for hydroxylation is 1. The van der Waals surface area contributed by atoms with Crippen molar-refractivity contribution in [1.29, 1.82) is 0 Å². The molecule has 1 N–H and O–H groups in total. The van der Waals surface area contributed by atoms with E-state index in [0.29, 0.717) is 6.42 Å². The molecule has 26 heavy (non-hydrogen) atoms. The molecule has 4 nitrogen and oxygen atoms in total. The minimum absolute atomic E-state index is 0.0711. The lowest BCUT2D eigenvalue weighted by molar-refractivity contribution is -0.120. The number of nitrogens with one attached hydrogen (secondary N) is 1. The summed E-state index contributed by atoms with van der Waals surface area (Å²) in [6.07, 6.45) is 6.44. The van der Waals surface area contributed by atoms with Gasteiger partial charge in [-0.1, -0.05) is 37.6 Å². The van der Waals surface area contributed by atoms with E-state index in [0.717, 1.165) is 42.2 Å². The zero-order valence-corrected chi connectivity index (χ0v) is 16.5. The smallest absolute Gasteiger partial charge is 0.226 e. The number of aromatic nitrogens is 1. The van der Waals surface area contributed by atoms with E-state index in [9.17, 15) is 4.79 Å². The average molecular weight is 372 g/mol. The summed E-state index contributed by atoms with van der Waals surface area (Å²) in [5.74, 6) is 0.0711. The second-order valence-corrected chi connectivity index (χ2v) is 7.84. The van der Waals surface area contributed by atoms with Crippen LogP contribution in [0.5, 0.6) is 0 Å². The molecule has 1 aromatic heterocycles. The Kier molecular flexibility index (Phi) is 7.21. The van der Waals surface area contributed by atoms with E-state index >= 15 is 0 Å². The van der Waals surface area contributed by atoms with Crippen molar-refractivity contribution in [2.45, 2.75) is 45.4 Å². The Morgan fingerprint density at radius 2 is 1.96 bits per heavy atom. The largest absolute Gasteiger partial charge is 0.356 e. The molecule has 1 amide bonds. The predicted molar refractivity (Wildman–Crippen MR) is 109 cm³/mol. The van der Waals surface area contributed by atoms with Crippen molar-refractivity contribution in [3.63, 3.8) is 0 Å². The summed E-state index contributed by atoms with van der Waals surface area (Å²) >= 11 is 1.61. The summed E-state index contributed by atoms with van der Waals surface area (Å²) in [6, 6.07) is 8.52. The number of likely N-dealkylation sites (tertiary alicyclic amines) is 1. The highest BCUT2D eigenvalue weighted by Gasteiger charge is 2.11. The number of benzene rings is 1. The van der Waals surface area contributed by atoms with Gasteiger partial charge in [-0.3, -0.25) is 4.79 Å². The minimum Gasteiger partial charge on any atom is -0.356 e. The molecule has 0 unspecified atom stereocenters. The molecule has 2 aromatic rings. The number of hydrogen-bond acceptors (Lipinski definition) is 4. The standard InChI is InChI=1S/C21H29N3OS/c1-2-17-7-9-18(10-8-17)21-23-19(16-26-21)15-20(25)22-11-6-14-24-12-4-3-5-13-24/h7-10,16H,2-6,11-15H2,1H3,(H,22,25). The van der Waals surface area contributed by atoms with Crippen LogP contribution in [-0.2, 0) is 17.6 Å². The van der Waals surface area contributed by atoms with Crippen LogP contribution in [0.4, 0.5) is 0 Å². The van der Waals surface area contributed by atoms with Gasteiger partial charge in [-0.25, -0.2) is 4.98 Å². The molecule has 1 fully saturated rings. The Labute approximate surface area is 160 Å². The fourth-order valence-electron chi connectivity index (χ4n) is 3.34. The first-order valence-electron chi connectivity index (χ1n) is 9.77. The number of thiazole rings is 1. The number of carbonyl (C=O) groups excluding carboxylic acids is 1. The van der Waals surface area contributed by atoms with Gasteiger partial charge in [0.2, 0.25) is 5.91 Å². The first kappa shape index (κ1) is 19.1. The van der Waals surface area contributed by atoms with Gasteiger partial charge in [0.25, 0.3) is 0 Å². The number of nitrogens with zero attached hydrogens (tertiary/aromatic N) is 2. The second kappa shape index (κ2) is 9.83. The number of carbonyl (C=O) groups is 1. The topological polar surface area (TPSA) is 45.2 Å². The molecule has 2 heterocycles. The lowest BCUT2D eigenvalue weighted by Gasteiger charge is -2.26. The van der Waals surface area contributed by atoms with Crippen molar-refractivity contribution >= 4 is 17.2 Å². The lowest BCUT2D eigenvalue weighted by Crippen LogP contribution is -2.33. The third-order valence-electron chi connectivity index (χ3n) is 4.92. The molecule has 3 rings (SSSR count). The summed E-state index contributed by atoms with van der Waals surface area (Å²) < 4.78 is 0. The fourth-order valence-corrected chi connectivity index (χ4v) is 4.17. The molecule has 140 valence electrons. The summed E-state index contributed by atoms with van der Waals surface area (Å²) in [5.41, 5.74) is 3.31. The summed E-state index contributed by atoms with van der Waals surface area (Å²) in [4.78, 5) is 19.3. The Bertz CT molecular complexity index is 690. The van der Waals surface area contributed by atoms with Gasteiger partial charge < -0.3 is 10.2 Å². The maximum Gasteiger partial charge on any atom is 0.226 e. The number of rotatable bonds is 8. The fraction of sp³-hybridized carbons (Fsp3) is 0.524. The zero-order chi connectivity index (χ0) is 18.2. The molecule has 1 saturated heterocycles. The van der Waals surface area contributed by atoms with Crippen molar-refractivity contribution in [3.05, 3.63) is 40.9 Å². The van der Waals surface area contributed by atoms with Gasteiger partial charge >= 0.3 is 0 Å². The van der Waals surface area contributed by atoms with E-state index in [4.69, 9.17) is 0 Å². The van der Waals surface area contributed by atoms with Gasteiger partial charge in [0, 0.05) is 17.5 Å². The number of piperidine rings is 1. The Hall–Kier alpha value is -1.72. The maximum absolute atomic E-state index is 12.1. The van der Waals surface area contributed by atoms with Crippen molar-refractivity contribution in [2.75, 3.05) is 26.2 Å². The predicted octanol–water partition coefficient (Wildman–Crippen LogP) is 3.91. The normalized spacial score (nSPS) is 15.1. The molecule has 0 atom stereocenters. The highest BCUT2D eigenvalue weighted by molar-refractivity contribution is 7.13. The molecule has 0 spiro atoms. The lowest BCUT2D eigenvalue weighted by atomic mass is 10.1. The van der Waals surface area contributed by atoms with E-state index in [1.807, 2.05) is 5.38 Å². The first-order chi connectivity index (χ1) is 12.7. The van der Waals surface area contributed by atoms with Gasteiger partial charge in [0.05, 0.1) is 12.1 Å². The summed E-state index contributed by atoms with van der Waals surface area (Å²) in [5, 5.41) is 6.02. The van der Waals surface area contributed by atoms with Crippen LogP contribution in [0.25, 0.3) is 10.6 Å². The number of hydrogen-bond donors (Lipinski definition) is 1. The van der Waals surface area contributed by atoms with Gasteiger partial charge in [-0.05, 0) is 50.9 Å². The monoisotopic (exact) mass is 371 g/mol. The van der Waals surface area contributed by atoms with Crippen LogP contribution >= 0.6 is 11.3 Å². The van der Waals surface area contributed by atoms with Crippen LogP contribution in [0, 0.1) is 0 Å². The third kappa shape index (κ3) is 5.64. The molecule has 0 radical (unpaired) electrons. The van der Waals surface area contributed by atoms with Crippen LogP contribution in [-0.4, -0.2) is 42.0 Å². The van der Waals surface area contributed by atoms with Gasteiger partial charge in [0.1, 0.15) is 5.01 Å². The second-order valence-electron chi connectivity index (χ2n) is 6.98. The molecular weight excluding hydrogens is 342 g/mol. The molecule has 0 saturated carbocycles. The molecule has 5 heteroatoms. The Morgan fingerprint density at radius 3 is 2.69 bits per heavy atom. The van der Waals surface area contributed by atoms with Crippen LogP contribution in [0.1, 0.15) is 43.9 Å². The average Bonchev–Trinajstić information content (AvgIpc) is 3.14. The zero-order valence-electron chi connectivity index (χ0n) is 15.7. The van der Waals surface area contributed by atoms with E-state index in [2.05, 4.69) is 46.4 Å². The number of amides is 1. The molecule has 1 aromatic carbocycles. The quantitative estimate of drug-likeness (QED) is 0.716. The van der Waals surface area contributed by atoms with Crippen molar-refractivity contribution in [2.24, 2.45) is 0 Å². The minimum atomic E-state index is 0.0711. The molecule has 0 aliphatic carbocycles. The third-order valence-corrected chi connectivity index (χ3v) is 5.86. The van der Waals surface area contributed by atoms with E-state index in [1.165, 1.54) is 37.9 Å². The SMILES string of the molecule is CCc1ccc(-c2nc(CC(=O)NCCCN3CCCCC3)cs2)cc1. The maximum atomic E-state index is 12.1. The van der Waals surface area contributed by atoms with Crippen LogP contribution in [0.15, 0.2) is 29.6 Å². The molecule has 0 bridgehead atoms. The highest BCUT2D eigenvalue weighted by Crippen LogP contribution is 2.24. The van der Waals surface area contributed by atoms with E-state index < -0.39 is 0 Å². The van der Waals surface area contributed by atoms with Gasteiger partial charge in [-0.2, -0.15) is 0 Å². The van der Waals surface area contributed by atoms with Crippen LogP contribution in [0.2, 0.25) is 0 Å². The molecule has 1 aliphatic rings. The van der Waals surface area contributed by atoms with Gasteiger partial charge in [0.15, 0.2) is 0 Å². The van der Waals surface area contributed by atoms with Crippen LogP contribution < -0.4 is 5.32 Å². The Morgan fingerprint density at radius 1 is 1.19 bits per heavy atom. The first-order valence-corrected chi connectivity index (χ1v) is 10.7. The van der Waals surface area contributed by atoms with Crippen LogP contribution in [0.3, 0.4) is 0 Å². The summed E-state index contributed by atoms with van der Waals surface area (Å²) in [6.45, 7) is 6.44.